The van der Waals surface area contributed by atoms with Crippen molar-refractivity contribution in [3.8, 4) is 0 Å². The van der Waals surface area contributed by atoms with Crippen LogP contribution in [0.1, 0.15) is 23.6 Å². The molecule has 25 heavy (non-hydrogen) atoms. The number of aromatic nitrogens is 3. The van der Waals surface area contributed by atoms with E-state index in [9.17, 15) is 4.79 Å². The van der Waals surface area contributed by atoms with Gasteiger partial charge in [0, 0.05) is 59.4 Å². The van der Waals surface area contributed by atoms with Crippen molar-refractivity contribution in [2.24, 2.45) is 0 Å². The average Bonchev–Trinajstić information content (AvgIpc) is 2.68. The molecule has 0 bridgehead atoms. The second-order valence-electron chi connectivity index (χ2n) is 5.56. The minimum absolute atomic E-state index is 0.321. The van der Waals surface area contributed by atoms with Crippen molar-refractivity contribution in [2.75, 3.05) is 0 Å². The molecule has 0 spiro atoms. The second-order valence-corrected chi connectivity index (χ2v) is 5.56. The second kappa shape index (κ2) is 7.05. The number of carbonyl (C=O) groups excluding carboxylic acids is 1. The number of ether oxygens (including phenoxy) is 1. The van der Waals surface area contributed by atoms with Gasteiger partial charge in [-0.05, 0) is 43.3 Å². The van der Waals surface area contributed by atoms with Crippen molar-refractivity contribution in [3.63, 3.8) is 0 Å². The van der Waals surface area contributed by atoms with Gasteiger partial charge in [0.25, 0.3) is 0 Å². The van der Waals surface area contributed by atoms with Gasteiger partial charge in [0.05, 0.1) is 0 Å². The van der Waals surface area contributed by atoms with Crippen LogP contribution in [0.2, 0.25) is 0 Å². The predicted octanol–water partition coefficient (Wildman–Crippen LogP) is 3.28. The predicted molar refractivity (Wildman–Crippen MR) is 93.5 cm³/mol. The highest BCUT2D eigenvalue weighted by Crippen LogP contribution is 2.40. The summed E-state index contributed by atoms with van der Waals surface area (Å²) in [6.45, 7) is 5.33. The molecule has 0 aliphatic heterocycles. The van der Waals surface area contributed by atoms with E-state index in [1.54, 1.807) is 44.1 Å². The fourth-order valence-corrected chi connectivity index (χ4v) is 2.66. The maximum absolute atomic E-state index is 12.5. The molecule has 0 atom stereocenters. The molecule has 0 amide bonds. The lowest BCUT2D eigenvalue weighted by atomic mass is 9.81. The van der Waals surface area contributed by atoms with Gasteiger partial charge < -0.3 is 4.74 Å². The minimum Gasteiger partial charge on any atom is -0.441 e. The maximum atomic E-state index is 12.5. The Balaban J connectivity index is 2.31. The fourth-order valence-electron chi connectivity index (χ4n) is 2.66. The summed E-state index contributed by atoms with van der Waals surface area (Å²) < 4.78 is 6.04. The Morgan fingerprint density at radius 3 is 1.40 bits per heavy atom. The van der Waals surface area contributed by atoms with Gasteiger partial charge >= 0.3 is 5.97 Å². The third kappa shape index (κ3) is 3.17. The van der Waals surface area contributed by atoms with E-state index in [1.807, 2.05) is 36.4 Å². The van der Waals surface area contributed by atoms with Crippen LogP contribution >= 0.6 is 0 Å². The van der Waals surface area contributed by atoms with Crippen LogP contribution in [-0.2, 0) is 15.1 Å². The zero-order valence-electron chi connectivity index (χ0n) is 13.8. The SMILES string of the molecule is C=C(C)C(=O)OC(c1ccncc1)(c1ccncc1)c1ccncc1. The van der Waals surface area contributed by atoms with Crippen LogP contribution in [0.3, 0.4) is 0 Å². The molecule has 0 aromatic carbocycles. The van der Waals surface area contributed by atoms with Crippen LogP contribution in [0, 0.1) is 0 Å². The van der Waals surface area contributed by atoms with E-state index in [-0.39, 0.29) is 0 Å². The minimum atomic E-state index is -1.15. The van der Waals surface area contributed by atoms with Crippen molar-refractivity contribution >= 4 is 5.97 Å². The molecule has 0 saturated carbocycles. The van der Waals surface area contributed by atoms with Crippen LogP contribution in [0.25, 0.3) is 0 Å². The monoisotopic (exact) mass is 331 g/mol. The molecule has 3 aromatic heterocycles. The molecule has 3 aromatic rings. The fraction of sp³-hybridized carbons (Fsp3) is 0.100. The first-order valence-electron chi connectivity index (χ1n) is 7.75. The lowest BCUT2D eigenvalue weighted by molar-refractivity contribution is -0.148. The van der Waals surface area contributed by atoms with Crippen LogP contribution < -0.4 is 0 Å². The van der Waals surface area contributed by atoms with Crippen molar-refractivity contribution in [3.05, 3.63) is 102 Å². The number of rotatable bonds is 5. The van der Waals surface area contributed by atoms with Crippen molar-refractivity contribution in [1.82, 2.24) is 15.0 Å². The number of hydrogen-bond donors (Lipinski definition) is 0. The van der Waals surface area contributed by atoms with E-state index in [2.05, 4.69) is 21.5 Å². The Labute approximate surface area is 146 Å². The average molecular weight is 331 g/mol. The van der Waals surface area contributed by atoms with Crippen LogP contribution in [0.5, 0.6) is 0 Å². The molecular weight excluding hydrogens is 314 g/mol. The van der Waals surface area contributed by atoms with Crippen LogP contribution in [0.15, 0.2) is 85.7 Å². The summed E-state index contributed by atoms with van der Waals surface area (Å²) >= 11 is 0. The molecule has 124 valence electrons. The van der Waals surface area contributed by atoms with Gasteiger partial charge in [-0.25, -0.2) is 4.79 Å². The Bertz CT molecular complexity index is 769. The summed E-state index contributed by atoms with van der Waals surface area (Å²) in [6.07, 6.45) is 10.0. The lowest BCUT2D eigenvalue weighted by Crippen LogP contribution is -2.35. The van der Waals surface area contributed by atoms with Crippen LogP contribution in [0.4, 0.5) is 0 Å². The molecule has 5 heteroatoms. The van der Waals surface area contributed by atoms with Gasteiger partial charge in [-0.2, -0.15) is 0 Å². The molecule has 5 nitrogen and oxygen atoms in total. The van der Waals surface area contributed by atoms with E-state index in [1.165, 1.54) is 0 Å². The van der Waals surface area contributed by atoms with E-state index in [4.69, 9.17) is 4.74 Å². The molecule has 0 aliphatic rings. The first-order chi connectivity index (χ1) is 12.1. The van der Waals surface area contributed by atoms with Gasteiger partial charge in [-0.1, -0.05) is 6.58 Å². The van der Waals surface area contributed by atoms with E-state index >= 15 is 0 Å². The van der Waals surface area contributed by atoms with E-state index in [0.717, 1.165) is 16.7 Å². The van der Waals surface area contributed by atoms with E-state index < -0.39 is 11.6 Å². The summed E-state index contributed by atoms with van der Waals surface area (Å²) in [6, 6.07) is 11.0. The summed E-state index contributed by atoms with van der Waals surface area (Å²) in [7, 11) is 0. The molecule has 0 saturated heterocycles. The first kappa shape index (κ1) is 16.5. The van der Waals surface area contributed by atoms with Crippen molar-refractivity contribution in [2.45, 2.75) is 12.5 Å². The Morgan fingerprint density at radius 2 is 1.12 bits per heavy atom. The number of nitrogens with zero attached hydrogens (tertiary/aromatic N) is 3. The van der Waals surface area contributed by atoms with Crippen LogP contribution in [-0.4, -0.2) is 20.9 Å². The Kier molecular flexibility index (Phi) is 4.66. The molecule has 0 unspecified atom stereocenters. The summed E-state index contributed by atoms with van der Waals surface area (Å²) in [5, 5.41) is 0. The number of esters is 1. The third-order valence-corrected chi connectivity index (χ3v) is 3.85. The van der Waals surface area contributed by atoms with Gasteiger partial charge in [0.2, 0.25) is 0 Å². The zero-order chi connectivity index (χ0) is 17.7. The normalized spacial score (nSPS) is 10.9. The quantitative estimate of drug-likeness (QED) is 0.530. The Hall–Kier alpha value is -3.34. The van der Waals surface area contributed by atoms with Crippen molar-refractivity contribution in [1.29, 1.82) is 0 Å². The molecular formula is C20H17N3O2. The zero-order valence-corrected chi connectivity index (χ0v) is 13.8. The maximum Gasteiger partial charge on any atom is 0.334 e. The van der Waals surface area contributed by atoms with E-state index in [0.29, 0.717) is 5.57 Å². The number of carbonyl (C=O) groups is 1. The summed E-state index contributed by atoms with van der Waals surface area (Å²) in [5.41, 5.74) is 1.49. The standard InChI is InChI=1S/C20H17N3O2/c1-15(2)19(24)25-20(16-3-9-21-10-4-16,17-5-11-22-12-6-17)18-7-13-23-14-8-18/h3-14H,1H2,2H3. The molecule has 0 aliphatic carbocycles. The van der Waals surface area contributed by atoms with Crippen molar-refractivity contribution < 1.29 is 9.53 Å². The summed E-state index contributed by atoms with van der Waals surface area (Å²) in [4.78, 5) is 24.7. The van der Waals surface area contributed by atoms with Gasteiger partial charge in [-0.15, -0.1) is 0 Å². The molecule has 0 fully saturated rings. The molecule has 0 N–H and O–H groups in total. The topological polar surface area (TPSA) is 65.0 Å². The molecule has 3 rings (SSSR count). The molecule has 0 radical (unpaired) electrons. The van der Waals surface area contributed by atoms with Gasteiger partial charge in [-0.3, -0.25) is 15.0 Å². The highest BCUT2D eigenvalue weighted by atomic mass is 16.6. The third-order valence-electron chi connectivity index (χ3n) is 3.85. The number of pyridine rings is 3. The van der Waals surface area contributed by atoms with Gasteiger partial charge in [0.1, 0.15) is 0 Å². The number of hydrogen-bond acceptors (Lipinski definition) is 5. The smallest absolute Gasteiger partial charge is 0.334 e. The first-order valence-corrected chi connectivity index (χ1v) is 7.75. The molecule has 3 heterocycles. The lowest BCUT2D eigenvalue weighted by Gasteiger charge is -2.35. The largest absolute Gasteiger partial charge is 0.441 e. The highest BCUT2D eigenvalue weighted by molar-refractivity contribution is 5.88. The summed E-state index contributed by atoms with van der Waals surface area (Å²) in [5.74, 6) is -0.481. The van der Waals surface area contributed by atoms with Gasteiger partial charge in [0.15, 0.2) is 5.60 Å². The highest BCUT2D eigenvalue weighted by Gasteiger charge is 2.40. The Morgan fingerprint density at radius 1 is 0.800 bits per heavy atom.